The van der Waals surface area contributed by atoms with Crippen molar-refractivity contribution in [3.05, 3.63) is 76.9 Å². The smallest absolute Gasteiger partial charge is 0.410 e. The van der Waals surface area contributed by atoms with E-state index in [9.17, 15) is 9.59 Å². The minimum absolute atomic E-state index is 0.0279. The van der Waals surface area contributed by atoms with Crippen molar-refractivity contribution in [2.75, 3.05) is 20.3 Å². The van der Waals surface area contributed by atoms with Crippen LogP contribution in [0.4, 0.5) is 4.79 Å². The molecule has 2 aromatic heterocycles. The fourth-order valence-electron chi connectivity index (χ4n) is 5.19. The van der Waals surface area contributed by atoms with Gasteiger partial charge in [0.25, 0.3) is 5.91 Å². The molecule has 0 unspecified atom stereocenters. The molecule has 0 radical (unpaired) electrons. The van der Waals surface area contributed by atoms with Crippen molar-refractivity contribution >= 4 is 34.5 Å². The Morgan fingerprint density at radius 3 is 2.90 bits per heavy atom. The van der Waals surface area contributed by atoms with Crippen LogP contribution in [0.3, 0.4) is 0 Å². The summed E-state index contributed by atoms with van der Waals surface area (Å²) in [6.45, 7) is 1.22. The summed E-state index contributed by atoms with van der Waals surface area (Å²) in [5, 5.41) is 4.59. The number of hydrogen-bond acceptors (Lipinski definition) is 6. The number of H-pyrrole nitrogens is 1. The number of rotatable bonds is 7. The maximum atomic E-state index is 13.3. The van der Waals surface area contributed by atoms with E-state index in [-0.39, 0.29) is 35.6 Å². The van der Waals surface area contributed by atoms with E-state index in [0.29, 0.717) is 49.0 Å². The number of nitrogens with zero attached hydrogens (tertiary/aromatic N) is 2. The molecule has 2 atom stereocenters. The summed E-state index contributed by atoms with van der Waals surface area (Å²) in [4.78, 5) is 35.1. The van der Waals surface area contributed by atoms with E-state index in [1.807, 2.05) is 42.6 Å². The van der Waals surface area contributed by atoms with Crippen LogP contribution in [0.15, 0.2) is 60.8 Å². The van der Waals surface area contributed by atoms with Crippen molar-refractivity contribution in [3.8, 4) is 22.9 Å². The lowest BCUT2D eigenvalue weighted by Gasteiger charge is -2.33. The molecule has 0 bridgehead atoms. The number of nitrogens with one attached hydrogen (secondary N) is 2. The summed E-state index contributed by atoms with van der Waals surface area (Å²) in [5.41, 5.74) is 3.47. The zero-order valence-electron chi connectivity index (χ0n) is 21.3. The van der Waals surface area contributed by atoms with Gasteiger partial charge in [-0.3, -0.25) is 4.79 Å². The number of aromatic amines is 1. The van der Waals surface area contributed by atoms with Gasteiger partial charge in [-0.1, -0.05) is 41.9 Å². The first-order chi connectivity index (χ1) is 19.0. The van der Waals surface area contributed by atoms with Crippen molar-refractivity contribution in [2.45, 2.75) is 31.5 Å². The van der Waals surface area contributed by atoms with E-state index in [4.69, 9.17) is 30.8 Å². The molecule has 4 aromatic rings. The predicted molar refractivity (Wildman–Crippen MR) is 146 cm³/mol. The van der Waals surface area contributed by atoms with Crippen LogP contribution in [0.25, 0.3) is 22.2 Å². The van der Waals surface area contributed by atoms with Gasteiger partial charge in [-0.15, -0.1) is 0 Å². The van der Waals surface area contributed by atoms with Crippen LogP contribution >= 0.6 is 11.6 Å². The van der Waals surface area contributed by atoms with Crippen LogP contribution in [0.5, 0.6) is 11.6 Å². The van der Waals surface area contributed by atoms with E-state index >= 15 is 0 Å². The summed E-state index contributed by atoms with van der Waals surface area (Å²) in [7, 11) is 1.49. The highest BCUT2D eigenvalue weighted by molar-refractivity contribution is 6.30. The number of fused-ring (bicyclic) bond motifs is 2. The Hall–Kier alpha value is -4.24. The minimum atomic E-state index is -0.339. The number of halogens is 1. The second-order valence-corrected chi connectivity index (χ2v) is 10.1. The minimum Gasteiger partial charge on any atom is -0.488 e. The molecule has 2 aliphatic rings. The Balaban J connectivity index is 1.35. The third kappa shape index (κ3) is 4.97. The summed E-state index contributed by atoms with van der Waals surface area (Å²) >= 11 is 5.98. The van der Waals surface area contributed by atoms with Gasteiger partial charge in [0, 0.05) is 54.2 Å². The quantitative estimate of drug-likeness (QED) is 0.331. The second-order valence-electron chi connectivity index (χ2n) is 9.64. The molecule has 0 saturated carbocycles. The summed E-state index contributed by atoms with van der Waals surface area (Å²) in [6.07, 6.45) is 2.69. The Bertz CT molecular complexity index is 1540. The molecule has 9 nitrogen and oxygen atoms in total. The number of pyridine rings is 1. The largest absolute Gasteiger partial charge is 0.488 e. The maximum absolute atomic E-state index is 13.3. The first kappa shape index (κ1) is 25.1. The van der Waals surface area contributed by atoms with Crippen LogP contribution in [0.1, 0.15) is 28.8 Å². The number of piperidine rings is 1. The molecule has 2 fully saturated rings. The first-order valence-corrected chi connectivity index (χ1v) is 13.2. The monoisotopic (exact) mass is 546 g/mol. The van der Waals surface area contributed by atoms with Gasteiger partial charge >= 0.3 is 6.09 Å². The number of ether oxygens (including phenoxy) is 3. The van der Waals surface area contributed by atoms with Gasteiger partial charge in [-0.25, -0.2) is 9.78 Å². The normalized spacial score (nSPS) is 18.5. The molecule has 2 aliphatic heterocycles. The Kier molecular flexibility index (Phi) is 6.74. The first-order valence-electron chi connectivity index (χ1n) is 12.8. The average molecular weight is 547 g/mol. The standard InChI is InChI=1S/C29H27ClN4O5/c1-37-28-23(27(35)32-15-17-5-7-19(30)8-6-17)14-24(39-21-10-12-34-20(13-21)16-38-29(34)36)26(33-28)22-4-2-3-18-9-11-31-25(18)22/h2-9,11,14,20-21,31H,10,12-13,15-16H2,1H3,(H,32,35)/t20-,21-/m0/s1. The SMILES string of the molecule is COc1nc(-c2cccc3cc[nH]c23)c(O[C@H]2CCN3C(=O)OC[C@@H]3C2)cc1C(=O)NCc1ccc(Cl)cc1. The molecule has 39 heavy (non-hydrogen) atoms. The van der Waals surface area contributed by atoms with Gasteiger partial charge < -0.3 is 29.4 Å². The Morgan fingerprint density at radius 2 is 2.08 bits per heavy atom. The number of para-hydroxylation sites is 1. The Labute approximate surface area is 230 Å². The van der Waals surface area contributed by atoms with Crippen molar-refractivity contribution < 1.29 is 23.8 Å². The number of carbonyl (C=O) groups excluding carboxylic acids is 2. The molecular formula is C29H27ClN4O5. The molecule has 200 valence electrons. The molecule has 2 N–H and O–H groups in total. The fourth-order valence-corrected chi connectivity index (χ4v) is 5.32. The zero-order valence-corrected chi connectivity index (χ0v) is 22.0. The van der Waals surface area contributed by atoms with Crippen molar-refractivity contribution in [1.29, 1.82) is 0 Å². The third-order valence-corrected chi connectivity index (χ3v) is 7.45. The molecule has 2 saturated heterocycles. The third-order valence-electron chi connectivity index (χ3n) is 7.19. The number of hydrogen-bond donors (Lipinski definition) is 2. The van der Waals surface area contributed by atoms with E-state index < -0.39 is 0 Å². The topological polar surface area (TPSA) is 106 Å². The van der Waals surface area contributed by atoms with E-state index in [2.05, 4.69) is 10.3 Å². The van der Waals surface area contributed by atoms with Gasteiger partial charge in [-0.2, -0.15) is 0 Å². The number of aromatic nitrogens is 2. The predicted octanol–water partition coefficient (Wildman–Crippen LogP) is 5.18. The highest BCUT2D eigenvalue weighted by Crippen LogP contribution is 2.38. The molecule has 4 heterocycles. The molecule has 10 heteroatoms. The lowest BCUT2D eigenvalue weighted by molar-refractivity contribution is 0.0913. The van der Waals surface area contributed by atoms with Crippen LogP contribution in [-0.4, -0.2) is 59.3 Å². The molecule has 2 aromatic carbocycles. The van der Waals surface area contributed by atoms with Gasteiger partial charge in [-0.05, 0) is 23.8 Å². The summed E-state index contributed by atoms with van der Waals surface area (Å²) in [6, 6.07) is 16.9. The van der Waals surface area contributed by atoms with Gasteiger partial charge in [0.1, 0.15) is 29.7 Å². The lowest BCUT2D eigenvalue weighted by atomic mass is 10.0. The molecule has 0 aliphatic carbocycles. The van der Waals surface area contributed by atoms with Crippen molar-refractivity contribution in [2.24, 2.45) is 0 Å². The zero-order chi connectivity index (χ0) is 26.9. The highest BCUT2D eigenvalue weighted by Gasteiger charge is 2.39. The van der Waals surface area contributed by atoms with Crippen LogP contribution in [0, 0.1) is 0 Å². The molecular weight excluding hydrogens is 520 g/mol. The Morgan fingerprint density at radius 1 is 1.23 bits per heavy atom. The van der Waals surface area contributed by atoms with E-state index in [1.54, 1.807) is 23.1 Å². The van der Waals surface area contributed by atoms with Crippen molar-refractivity contribution in [3.63, 3.8) is 0 Å². The van der Waals surface area contributed by atoms with E-state index in [0.717, 1.165) is 22.0 Å². The number of benzene rings is 2. The lowest BCUT2D eigenvalue weighted by Crippen LogP contribution is -2.44. The van der Waals surface area contributed by atoms with Crippen LogP contribution in [-0.2, 0) is 11.3 Å². The molecule has 6 rings (SSSR count). The van der Waals surface area contributed by atoms with Gasteiger partial charge in [0.2, 0.25) is 5.88 Å². The van der Waals surface area contributed by atoms with Crippen molar-refractivity contribution in [1.82, 2.24) is 20.2 Å². The number of amides is 2. The molecule has 2 amide bonds. The van der Waals surface area contributed by atoms with Gasteiger partial charge in [0.05, 0.1) is 18.7 Å². The summed E-state index contributed by atoms with van der Waals surface area (Å²) < 4.78 is 17.4. The number of methoxy groups -OCH3 is 1. The average Bonchev–Trinajstić information content (AvgIpc) is 3.59. The second kappa shape index (κ2) is 10.5. The van der Waals surface area contributed by atoms with Gasteiger partial charge in [0.15, 0.2) is 0 Å². The van der Waals surface area contributed by atoms with Crippen LogP contribution < -0.4 is 14.8 Å². The maximum Gasteiger partial charge on any atom is 0.410 e. The number of carbonyl (C=O) groups is 2. The fraction of sp³-hybridized carbons (Fsp3) is 0.276. The van der Waals surface area contributed by atoms with Crippen LogP contribution in [0.2, 0.25) is 5.02 Å². The molecule has 0 spiro atoms. The number of cyclic esters (lactones) is 1. The highest BCUT2D eigenvalue weighted by atomic mass is 35.5. The van der Waals surface area contributed by atoms with E-state index in [1.165, 1.54) is 7.11 Å². The summed E-state index contributed by atoms with van der Waals surface area (Å²) in [5.74, 6) is 0.325.